The standard InChI is InChI=1S/C18H20N6O/c1-22-12-14(11-21-22)15-8-16(15)18(25)24-6-4-23(5-7-24)17-3-2-13(9-19)10-20-17/h2-3,10-12,15-16H,4-8H2,1H3/t15-,16-/m0/s1. The van der Waals surface area contributed by atoms with E-state index in [1.165, 1.54) is 5.56 Å². The minimum atomic E-state index is 0.115. The molecule has 2 aliphatic rings. The van der Waals surface area contributed by atoms with Crippen LogP contribution < -0.4 is 4.90 Å². The van der Waals surface area contributed by atoms with Gasteiger partial charge in [0.1, 0.15) is 11.9 Å². The summed E-state index contributed by atoms with van der Waals surface area (Å²) in [6.07, 6.45) is 6.40. The van der Waals surface area contributed by atoms with Crippen LogP contribution in [0.5, 0.6) is 0 Å². The van der Waals surface area contributed by atoms with Gasteiger partial charge in [-0.2, -0.15) is 10.4 Å². The third-order valence-corrected chi connectivity index (χ3v) is 5.05. The molecule has 0 aromatic carbocycles. The minimum absolute atomic E-state index is 0.115. The second-order valence-corrected chi connectivity index (χ2v) is 6.73. The molecule has 1 aliphatic carbocycles. The van der Waals surface area contributed by atoms with Crippen molar-refractivity contribution >= 4 is 11.7 Å². The number of piperazine rings is 1. The maximum Gasteiger partial charge on any atom is 0.226 e. The zero-order chi connectivity index (χ0) is 17.4. The summed E-state index contributed by atoms with van der Waals surface area (Å²) in [5.74, 6) is 1.58. The lowest BCUT2D eigenvalue weighted by molar-refractivity contribution is -0.133. The number of pyridine rings is 1. The number of carbonyl (C=O) groups is 1. The molecule has 7 nitrogen and oxygen atoms in total. The number of anilines is 1. The molecule has 1 saturated heterocycles. The number of rotatable bonds is 3. The van der Waals surface area contributed by atoms with E-state index >= 15 is 0 Å². The Hall–Kier alpha value is -2.88. The topological polar surface area (TPSA) is 78.0 Å². The molecule has 2 fully saturated rings. The molecule has 1 amide bonds. The van der Waals surface area contributed by atoms with Gasteiger partial charge in [0.05, 0.1) is 11.8 Å². The minimum Gasteiger partial charge on any atom is -0.353 e. The van der Waals surface area contributed by atoms with E-state index in [1.54, 1.807) is 16.9 Å². The molecule has 128 valence electrons. The van der Waals surface area contributed by atoms with Gasteiger partial charge in [-0.15, -0.1) is 0 Å². The van der Waals surface area contributed by atoms with E-state index in [9.17, 15) is 4.79 Å². The van der Waals surface area contributed by atoms with Crippen LogP contribution in [-0.4, -0.2) is 51.8 Å². The smallest absolute Gasteiger partial charge is 0.226 e. The molecule has 1 saturated carbocycles. The van der Waals surface area contributed by atoms with Crippen LogP contribution in [-0.2, 0) is 11.8 Å². The van der Waals surface area contributed by atoms with Crippen molar-refractivity contribution in [1.29, 1.82) is 5.26 Å². The highest BCUT2D eigenvalue weighted by Gasteiger charge is 2.46. The van der Waals surface area contributed by atoms with E-state index in [0.717, 1.165) is 38.4 Å². The third kappa shape index (κ3) is 3.07. The van der Waals surface area contributed by atoms with Gasteiger partial charge >= 0.3 is 0 Å². The lowest BCUT2D eigenvalue weighted by Gasteiger charge is -2.35. The monoisotopic (exact) mass is 336 g/mol. The van der Waals surface area contributed by atoms with Crippen molar-refractivity contribution in [2.75, 3.05) is 31.1 Å². The van der Waals surface area contributed by atoms with Gasteiger partial charge in [-0.1, -0.05) is 0 Å². The molecule has 4 rings (SSSR count). The maximum atomic E-state index is 12.7. The summed E-state index contributed by atoms with van der Waals surface area (Å²) in [6.45, 7) is 2.98. The normalized spacial score (nSPS) is 22.6. The van der Waals surface area contributed by atoms with Crippen molar-refractivity contribution < 1.29 is 4.79 Å². The summed E-state index contributed by atoms with van der Waals surface area (Å²) >= 11 is 0. The van der Waals surface area contributed by atoms with Gasteiger partial charge in [0.25, 0.3) is 0 Å². The maximum absolute atomic E-state index is 12.7. The predicted molar refractivity (Wildman–Crippen MR) is 91.8 cm³/mol. The molecule has 1 aliphatic heterocycles. The SMILES string of the molecule is Cn1cc([C@@H]2C[C@@H]2C(=O)N2CCN(c3ccc(C#N)cn3)CC2)cn1. The number of aryl methyl sites for hydroxylation is 1. The number of hydrogen-bond donors (Lipinski definition) is 0. The van der Waals surface area contributed by atoms with Crippen LogP contribution in [0.1, 0.15) is 23.5 Å². The predicted octanol–water partition coefficient (Wildman–Crippen LogP) is 1.14. The third-order valence-electron chi connectivity index (χ3n) is 5.05. The molecule has 7 heteroatoms. The Labute approximate surface area is 146 Å². The Balaban J connectivity index is 1.33. The van der Waals surface area contributed by atoms with Crippen LogP contribution in [0, 0.1) is 17.2 Å². The van der Waals surface area contributed by atoms with Crippen molar-refractivity contribution in [1.82, 2.24) is 19.7 Å². The van der Waals surface area contributed by atoms with Gasteiger partial charge in [0.15, 0.2) is 0 Å². The van der Waals surface area contributed by atoms with E-state index in [-0.39, 0.29) is 11.8 Å². The van der Waals surface area contributed by atoms with Gasteiger partial charge in [0.2, 0.25) is 5.91 Å². The number of hydrogen-bond acceptors (Lipinski definition) is 5. The number of aromatic nitrogens is 3. The molecule has 0 unspecified atom stereocenters. The van der Waals surface area contributed by atoms with Gasteiger partial charge in [-0.25, -0.2) is 4.98 Å². The Kier molecular flexibility index (Phi) is 3.88. The van der Waals surface area contributed by atoms with Gasteiger partial charge in [0, 0.05) is 51.5 Å². The largest absolute Gasteiger partial charge is 0.353 e. The lowest BCUT2D eigenvalue weighted by atomic mass is 10.1. The molecule has 2 aromatic rings. The zero-order valence-corrected chi connectivity index (χ0v) is 14.2. The number of nitriles is 1. The number of amides is 1. The average molecular weight is 336 g/mol. The summed E-state index contributed by atoms with van der Waals surface area (Å²) in [4.78, 5) is 21.2. The summed E-state index contributed by atoms with van der Waals surface area (Å²) in [5.41, 5.74) is 1.73. The van der Waals surface area contributed by atoms with Gasteiger partial charge < -0.3 is 9.80 Å². The van der Waals surface area contributed by atoms with Crippen LogP contribution in [0.15, 0.2) is 30.7 Å². The van der Waals surface area contributed by atoms with E-state index in [2.05, 4.69) is 21.1 Å². The first-order valence-electron chi connectivity index (χ1n) is 8.54. The van der Waals surface area contributed by atoms with Gasteiger partial charge in [-0.3, -0.25) is 9.48 Å². The molecule has 0 spiro atoms. The Morgan fingerprint density at radius 1 is 1.24 bits per heavy atom. The highest BCUT2D eigenvalue weighted by molar-refractivity contribution is 5.83. The van der Waals surface area contributed by atoms with Crippen LogP contribution >= 0.6 is 0 Å². The highest BCUT2D eigenvalue weighted by Crippen LogP contribution is 2.48. The van der Waals surface area contributed by atoms with E-state index in [4.69, 9.17) is 5.26 Å². The number of nitrogens with zero attached hydrogens (tertiary/aromatic N) is 6. The molecule has 2 aromatic heterocycles. The summed E-state index contributed by atoms with van der Waals surface area (Å²) < 4.78 is 1.79. The molecule has 3 heterocycles. The van der Waals surface area contributed by atoms with Crippen molar-refractivity contribution in [3.8, 4) is 6.07 Å². The van der Waals surface area contributed by atoms with Crippen LogP contribution in [0.2, 0.25) is 0 Å². The van der Waals surface area contributed by atoms with Crippen LogP contribution in [0.3, 0.4) is 0 Å². The fourth-order valence-electron chi connectivity index (χ4n) is 3.50. The first-order chi connectivity index (χ1) is 12.2. The highest BCUT2D eigenvalue weighted by atomic mass is 16.2. The van der Waals surface area contributed by atoms with Crippen molar-refractivity contribution in [3.05, 3.63) is 41.9 Å². The average Bonchev–Trinajstić information content (AvgIpc) is 3.35. The van der Waals surface area contributed by atoms with E-state index in [0.29, 0.717) is 11.5 Å². The van der Waals surface area contributed by atoms with Crippen molar-refractivity contribution in [3.63, 3.8) is 0 Å². The summed E-state index contributed by atoms with van der Waals surface area (Å²) in [5, 5.41) is 13.0. The second-order valence-electron chi connectivity index (χ2n) is 6.73. The first-order valence-corrected chi connectivity index (χ1v) is 8.54. The number of carbonyl (C=O) groups excluding carboxylic acids is 1. The molecule has 0 N–H and O–H groups in total. The molecular formula is C18H20N6O. The second kappa shape index (κ2) is 6.20. The molecular weight excluding hydrogens is 316 g/mol. The van der Waals surface area contributed by atoms with E-state index in [1.807, 2.05) is 30.4 Å². The fraction of sp³-hybridized carbons (Fsp3) is 0.444. The van der Waals surface area contributed by atoms with Crippen molar-refractivity contribution in [2.24, 2.45) is 13.0 Å². The van der Waals surface area contributed by atoms with Crippen LogP contribution in [0.4, 0.5) is 5.82 Å². The molecule has 0 radical (unpaired) electrons. The Morgan fingerprint density at radius 2 is 2.04 bits per heavy atom. The zero-order valence-electron chi connectivity index (χ0n) is 14.2. The first kappa shape index (κ1) is 15.6. The summed E-state index contributed by atoms with van der Waals surface area (Å²) in [6, 6.07) is 5.73. The quantitative estimate of drug-likeness (QED) is 0.840. The molecule has 25 heavy (non-hydrogen) atoms. The van der Waals surface area contributed by atoms with Gasteiger partial charge in [-0.05, 0) is 30.0 Å². The Morgan fingerprint density at radius 3 is 2.64 bits per heavy atom. The molecule has 2 atom stereocenters. The summed E-state index contributed by atoms with van der Waals surface area (Å²) in [7, 11) is 1.90. The Bertz CT molecular complexity index is 813. The molecule has 0 bridgehead atoms. The van der Waals surface area contributed by atoms with Crippen molar-refractivity contribution in [2.45, 2.75) is 12.3 Å². The van der Waals surface area contributed by atoms with E-state index < -0.39 is 0 Å². The van der Waals surface area contributed by atoms with Crippen LogP contribution in [0.25, 0.3) is 0 Å². The fourth-order valence-corrected chi connectivity index (χ4v) is 3.50. The lowest BCUT2D eigenvalue weighted by Crippen LogP contribution is -2.49.